The summed E-state index contributed by atoms with van der Waals surface area (Å²) >= 11 is 1.29. The number of para-hydroxylation sites is 1. The fourth-order valence-corrected chi connectivity index (χ4v) is 2.48. The van der Waals surface area contributed by atoms with Crippen LogP contribution >= 0.6 is 11.8 Å². The molecule has 0 saturated heterocycles. The number of nitrogens with one attached hydrogen (secondary N) is 2. The highest BCUT2D eigenvalue weighted by molar-refractivity contribution is 8.00. The normalized spacial score (nSPS) is 11.9. The van der Waals surface area contributed by atoms with Crippen molar-refractivity contribution >= 4 is 34.6 Å². The molecule has 0 bridgehead atoms. The van der Waals surface area contributed by atoms with Crippen molar-refractivity contribution in [2.24, 2.45) is 0 Å². The molecule has 20 heavy (non-hydrogen) atoms. The lowest BCUT2D eigenvalue weighted by atomic mass is 10.2. The van der Waals surface area contributed by atoms with Crippen molar-refractivity contribution < 1.29 is 9.59 Å². The average molecular weight is 290 g/mol. The molecule has 0 saturated carbocycles. The predicted molar refractivity (Wildman–Crippen MR) is 77.5 cm³/mol. The van der Waals surface area contributed by atoms with Crippen LogP contribution in [0.2, 0.25) is 0 Å². The van der Waals surface area contributed by atoms with Crippen LogP contribution in [0, 0.1) is 0 Å². The van der Waals surface area contributed by atoms with Gasteiger partial charge < -0.3 is 5.32 Å². The number of aromatic nitrogens is 2. The van der Waals surface area contributed by atoms with Crippen LogP contribution in [0.3, 0.4) is 0 Å². The Balaban J connectivity index is 2.15. The van der Waals surface area contributed by atoms with Gasteiger partial charge in [-0.05, 0) is 13.0 Å². The van der Waals surface area contributed by atoms with Gasteiger partial charge in [0.15, 0.2) is 0 Å². The number of fused-ring (bicyclic) bond motifs is 1. The van der Waals surface area contributed by atoms with Gasteiger partial charge in [-0.25, -0.2) is 14.8 Å². The molecule has 2 N–H and O–H groups in total. The second kappa shape index (κ2) is 6.33. The van der Waals surface area contributed by atoms with Gasteiger partial charge in [-0.15, -0.1) is 0 Å². The lowest BCUT2D eigenvalue weighted by Crippen LogP contribution is -2.41. The third kappa shape index (κ3) is 3.24. The first-order valence-corrected chi connectivity index (χ1v) is 6.88. The van der Waals surface area contributed by atoms with Gasteiger partial charge in [0.1, 0.15) is 11.4 Å². The maximum atomic E-state index is 11.8. The van der Waals surface area contributed by atoms with Crippen LogP contribution in [0.25, 0.3) is 10.9 Å². The van der Waals surface area contributed by atoms with E-state index in [0.717, 1.165) is 15.9 Å². The highest BCUT2D eigenvalue weighted by atomic mass is 32.2. The molecule has 7 heteroatoms. The number of hydrogen-bond donors (Lipinski definition) is 2. The molecule has 1 aromatic carbocycles. The maximum absolute atomic E-state index is 11.8. The number of thioether (sulfide) groups is 1. The van der Waals surface area contributed by atoms with Crippen LogP contribution in [0.5, 0.6) is 0 Å². The first-order valence-electron chi connectivity index (χ1n) is 6.01. The van der Waals surface area contributed by atoms with Crippen molar-refractivity contribution in [2.45, 2.75) is 17.2 Å². The fraction of sp³-hybridized carbons (Fsp3) is 0.231. The highest BCUT2D eigenvalue weighted by Crippen LogP contribution is 2.27. The minimum absolute atomic E-state index is 0.364. The largest absolute Gasteiger partial charge is 0.341 e. The molecule has 2 rings (SSSR count). The van der Waals surface area contributed by atoms with Gasteiger partial charge in [-0.2, -0.15) is 0 Å². The first-order chi connectivity index (χ1) is 9.61. The van der Waals surface area contributed by atoms with Gasteiger partial charge in [0.05, 0.1) is 10.8 Å². The van der Waals surface area contributed by atoms with E-state index < -0.39 is 11.3 Å². The van der Waals surface area contributed by atoms with Crippen molar-refractivity contribution in [2.75, 3.05) is 7.05 Å². The number of hydrogen-bond acceptors (Lipinski definition) is 5. The van der Waals surface area contributed by atoms with Crippen molar-refractivity contribution in [3.05, 3.63) is 30.6 Å². The fourth-order valence-electron chi connectivity index (χ4n) is 1.57. The zero-order valence-electron chi connectivity index (χ0n) is 11.1. The Morgan fingerprint density at radius 1 is 1.25 bits per heavy atom. The molecule has 0 aliphatic heterocycles. The topological polar surface area (TPSA) is 84.0 Å². The Labute approximate surface area is 120 Å². The van der Waals surface area contributed by atoms with E-state index in [0.29, 0.717) is 0 Å². The van der Waals surface area contributed by atoms with Gasteiger partial charge >= 0.3 is 6.03 Å². The summed E-state index contributed by atoms with van der Waals surface area (Å²) in [5.41, 5.74) is 0.823. The number of rotatable bonds is 3. The molecule has 1 heterocycles. The number of carbonyl (C=O) groups excluding carboxylic acids is 2. The molecule has 3 amide bonds. The average Bonchev–Trinajstić information content (AvgIpc) is 2.47. The zero-order valence-corrected chi connectivity index (χ0v) is 11.9. The van der Waals surface area contributed by atoms with Gasteiger partial charge in [0, 0.05) is 12.4 Å². The molecule has 1 aromatic heterocycles. The summed E-state index contributed by atoms with van der Waals surface area (Å²) in [6.45, 7) is 1.72. The molecule has 0 fully saturated rings. The summed E-state index contributed by atoms with van der Waals surface area (Å²) in [7, 11) is 1.46. The van der Waals surface area contributed by atoms with E-state index in [1.807, 2.05) is 24.3 Å². The predicted octanol–water partition coefficient (Wildman–Crippen LogP) is 1.57. The molecule has 6 nitrogen and oxygen atoms in total. The lowest BCUT2D eigenvalue weighted by molar-refractivity contribution is -0.119. The smallest absolute Gasteiger partial charge is 0.321 e. The quantitative estimate of drug-likeness (QED) is 0.662. The Morgan fingerprint density at radius 3 is 2.75 bits per heavy atom. The summed E-state index contributed by atoms with van der Waals surface area (Å²) in [4.78, 5) is 31.3. The van der Waals surface area contributed by atoms with Gasteiger partial charge in [-0.1, -0.05) is 30.0 Å². The van der Waals surface area contributed by atoms with E-state index in [-0.39, 0.29) is 5.91 Å². The molecular weight excluding hydrogens is 276 g/mol. The van der Waals surface area contributed by atoms with Gasteiger partial charge in [0.25, 0.3) is 0 Å². The minimum atomic E-state index is -0.519. The van der Waals surface area contributed by atoms with E-state index in [4.69, 9.17) is 0 Å². The standard InChI is InChI=1S/C13H14N4O2S/c1-8(11(18)17-13(19)14-2)20-12-9-5-3-4-6-10(9)15-7-16-12/h3-8H,1-2H3,(H2,14,17,18,19). The number of benzene rings is 1. The first kappa shape index (κ1) is 14.3. The third-order valence-electron chi connectivity index (χ3n) is 2.63. The monoisotopic (exact) mass is 290 g/mol. The van der Waals surface area contributed by atoms with Crippen LogP contribution in [0.15, 0.2) is 35.6 Å². The molecule has 1 atom stereocenters. The van der Waals surface area contributed by atoms with E-state index in [9.17, 15) is 9.59 Å². The summed E-state index contributed by atoms with van der Waals surface area (Å²) in [5, 5.41) is 5.75. The number of urea groups is 1. The van der Waals surface area contributed by atoms with Crippen LogP contribution in [0.1, 0.15) is 6.92 Å². The van der Waals surface area contributed by atoms with E-state index in [1.165, 1.54) is 25.1 Å². The molecule has 0 aliphatic carbocycles. The van der Waals surface area contributed by atoms with Crippen molar-refractivity contribution in [1.29, 1.82) is 0 Å². The van der Waals surface area contributed by atoms with Crippen LogP contribution in [-0.2, 0) is 4.79 Å². The number of amides is 3. The molecule has 2 aromatic rings. The zero-order chi connectivity index (χ0) is 14.5. The Morgan fingerprint density at radius 2 is 2.00 bits per heavy atom. The molecule has 104 valence electrons. The molecule has 0 radical (unpaired) electrons. The van der Waals surface area contributed by atoms with Gasteiger partial charge in [-0.3, -0.25) is 10.1 Å². The Kier molecular flexibility index (Phi) is 4.52. The second-order valence-electron chi connectivity index (χ2n) is 4.02. The van der Waals surface area contributed by atoms with Crippen LogP contribution < -0.4 is 10.6 Å². The maximum Gasteiger partial charge on any atom is 0.321 e. The van der Waals surface area contributed by atoms with E-state index in [2.05, 4.69) is 20.6 Å². The molecular formula is C13H14N4O2S. The Hall–Kier alpha value is -2.15. The Bertz CT molecular complexity index is 642. The molecule has 1 unspecified atom stereocenters. The van der Waals surface area contributed by atoms with Crippen molar-refractivity contribution in [3.8, 4) is 0 Å². The number of carbonyl (C=O) groups is 2. The second-order valence-corrected chi connectivity index (χ2v) is 5.35. The summed E-state index contributed by atoms with van der Waals surface area (Å²) in [5.74, 6) is -0.364. The summed E-state index contributed by atoms with van der Waals surface area (Å²) in [6.07, 6.45) is 1.47. The van der Waals surface area contributed by atoms with E-state index in [1.54, 1.807) is 6.92 Å². The highest BCUT2D eigenvalue weighted by Gasteiger charge is 2.18. The van der Waals surface area contributed by atoms with Crippen LogP contribution in [-0.4, -0.2) is 34.2 Å². The van der Waals surface area contributed by atoms with Gasteiger partial charge in [0.2, 0.25) is 5.91 Å². The lowest BCUT2D eigenvalue weighted by Gasteiger charge is -2.11. The summed E-state index contributed by atoms with van der Waals surface area (Å²) < 4.78 is 0. The molecule has 0 spiro atoms. The van der Waals surface area contributed by atoms with Crippen molar-refractivity contribution in [1.82, 2.24) is 20.6 Å². The SMILES string of the molecule is CNC(=O)NC(=O)C(C)Sc1ncnc2ccccc12. The van der Waals surface area contributed by atoms with Crippen molar-refractivity contribution in [3.63, 3.8) is 0 Å². The summed E-state index contributed by atoms with van der Waals surface area (Å²) in [6, 6.07) is 7.06. The third-order valence-corrected chi connectivity index (χ3v) is 3.74. The number of nitrogens with zero attached hydrogens (tertiary/aromatic N) is 2. The molecule has 0 aliphatic rings. The minimum Gasteiger partial charge on any atom is -0.341 e. The number of imide groups is 1. The van der Waals surface area contributed by atoms with Crippen LogP contribution in [0.4, 0.5) is 4.79 Å². The van der Waals surface area contributed by atoms with E-state index >= 15 is 0 Å².